The van der Waals surface area contributed by atoms with E-state index in [2.05, 4.69) is 116 Å². The van der Waals surface area contributed by atoms with Gasteiger partial charge in [0.1, 0.15) is 13.2 Å². The average molecular weight is 870 g/mol. The first kappa shape index (κ1) is 58.2. The van der Waals surface area contributed by atoms with Gasteiger partial charge in [0, 0.05) is 6.42 Å². The highest BCUT2D eigenvalue weighted by Gasteiger charge is 2.27. The molecule has 0 heterocycles. The molecule has 9 heteroatoms. The molecule has 0 fully saturated rings. The average Bonchev–Trinajstić information content (AvgIpc) is 3.21. The summed E-state index contributed by atoms with van der Waals surface area (Å²) in [5, 5.41) is 13.8. The molecule has 0 aromatic rings. The lowest BCUT2D eigenvalue weighted by atomic mass is 10.1. The van der Waals surface area contributed by atoms with E-state index < -0.39 is 20.0 Å². The molecule has 3 atom stereocenters. The van der Waals surface area contributed by atoms with Crippen molar-refractivity contribution in [2.75, 3.05) is 40.9 Å². The van der Waals surface area contributed by atoms with Crippen molar-refractivity contribution in [3.8, 4) is 0 Å². The first-order valence-electron chi connectivity index (χ1n) is 23.8. The van der Waals surface area contributed by atoms with Crippen LogP contribution in [0.3, 0.4) is 0 Å². The molecule has 0 aliphatic heterocycles. The lowest BCUT2D eigenvalue weighted by Crippen LogP contribution is -2.45. The molecule has 0 radical (unpaired) electrons. The monoisotopic (exact) mass is 870 g/mol. The van der Waals surface area contributed by atoms with Crippen LogP contribution in [0.25, 0.3) is 0 Å². The molecule has 0 aliphatic rings. The number of likely N-dealkylation sites (N-methyl/N-ethyl adjacent to an activating group) is 1. The third-order valence-electron chi connectivity index (χ3n) is 9.70. The van der Waals surface area contributed by atoms with Gasteiger partial charge < -0.3 is 19.8 Å². The number of allylic oxidation sites excluding steroid dienone is 17. The Kier molecular flexibility index (Phi) is 40.5. The SMILES string of the molecule is CC/C=C\C/C=C\C/C=C\C/C=C\C/C=C\C/C=C\CCCCCCCCC(=O)NC(COP(=O)(O)OCC[N+](C)(C)C)C(O)/C=C/CC/C=C/CC/C=C/CCCCCC. The van der Waals surface area contributed by atoms with E-state index in [0.29, 0.717) is 17.4 Å². The van der Waals surface area contributed by atoms with Crippen LogP contribution in [0.1, 0.15) is 162 Å². The van der Waals surface area contributed by atoms with E-state index in [1.54, 1.807) is 6.08 Å². The fraction of sp³-hybridized carbons (Fsp3) is 0.635. The minimum absolute atomic E-state index is 0.0438. The van der Waals surface area contributed by atoms with Crippen LogP contribution in [0.4, 0.5) is 0 Å². The minimum atomic E-state index is -4.36. The van der Waals surface area contributed by atoms with E-state index in [9.17, 15) is 19.4 Å². The molecule has 8 nitrogen and oxygen atoms in total. The number of amides is 1. The van der Waals surface area contributed by atoms with E-state index in [1.165, 1.54) is 32.1 Å². The molecule has 0 aromatic heterocycles. The van der Waals surface area contributed by atoms with Gasteiger partial charge in [0.2, 0.25) is 5.91 Å². The summed E-state index contributed by atoms with van der Waals surface area (Å²) in [5.74, 6) is -0.213. The van der Waals surface area contributed by atoms with Gasteiger partial charge in [0.15, 0.2) is 0 Å². The van der Waals surface area contributed by atoms with Crippen LogP contribution in [-0.2, 0) is 18.4 Å². The first-order chi connectivity index (χ1) is 29.5. The fourth-order valence-corrected chi connectivity index (χ4v) is 6.69. The second-order valence-electron chi connectivity index (χ2n) is 16.7. The summed E-state index contributed by atoms with van der Waals surface area (Å²) in [6.45, 7) is 4.60. The molecule has 0 aliphatic carbocycles. The number of aliphatic hydroxyl groups is 1. The molecule has 0 saturated carbocycles. The molecule has 0 saturated heterocycles. The molecular weight excluding hydrogens is 780 g/mol. The predicted octanol–water partition coefficient (Wildman–Crippen LogP) is 13.7. The van der Waals surface area contributed by atoms with E-state index in [1.807, 2.05) is 27.2 Å². The Morgan fingerprint density at radius 2 is 1.00 bits per heavy atom. The molecule has 348 valence electrons. The Labute approximate surface area is 374 Å². The molecule has 0 rings (SSSR count). The van der Waals surface area contributed by atoms with Gasteiger partial charge in [-0.2, -0.15) is 0 Å². The largest absolute Gasteiger partial charge is 0.472 e. The van der Waals surface area contributed by atoms with Crippen LogP contribution < -0.4 is 5.32 Å². The number of rotatable bonds is 41. The van der Waals surface area contributed by atoms with Crippen LogP contribution in [-0.4, -0.2) is 73.4 Å². The number of carbonyl (C=O) groups is 1. The van der Waals surface area contributed by atoms with Gasteiger partial charge in [-0.15, -0.1) is 0 Å². The molecular formula is C52H90N2O6P+. The van der Waals surface area contributed by atoms with Crippen molar-refractivity contribution in [3.05, 3.63) is 109 Å². The zero-order valence-corrected chi connectivity index (χ0v) is 40.2. The summed E-state index contributed by atoms with van der Waals surface area (Å²) in [6.07, 6.45) is 61.6. The van der Waals surface area contributed by atoms with E-state index >= 15 is 0 Å². The van der Waals surface area contributed by atoms with Crippen molar-refractivity contribution in [1.29, 1.82) is 0 Å². The number of phosphoric ester groups is 1. The van der Waals surface area contributed by atoms with E-state index in [4.69, 9.17) is 9.05 Å². The van der Waals surface area contributed by atoms with Crippen molar-refractivity contribution in [2.24, 2.45) is 0 Å². The van der Waals surface area contributed by atoms with Crippen molar-refractivity contribution < 1.29 is 32.9 Å². The number of phosphoric acid groups is 1. The van der Waals surface area contributed by atoms with Crippen LogP contribution in [0, 0.1) is 0 Å². The summed E-state index contributed by atoms with van der Waals surface area (Å²) in [5.41, 5.74) is 0. The van der Waals surface area contributed by atoms with Gasteiger partial charge in [-0.1, -0.05) is 168 Å². The number of nitrogens with one attached hydrogen (secondary N) is 1. The molecule has 0 spiro atoms. The maximum atomic E-state index is 12.9. The van der Waals surface area contributed by atoms with Gasteiger partial charge in [-0.05, 0) is 96.3 Å². The van der Waals surface area contributed by atoms with Gasteiger partial charge in [-0.3, -0.25) is 13.8 Å². The fourth-order valence-electron chi connectivity index (χ4n) is 5.96. The quantitative estimate of drug-likeness (QED) is 0.0245. The summed E-state index contributed by atoms with van der Waals surface area (Å²) in [4.78, 5) is 23.2. The van der Waals surface area contributed by atoms with Gasteiger partial charge in [0.25, 0.3) is 0 Å². The molecule has 3 N–H and O–H groups in total. The molecule has 3 unspecified atom stereocenters. The highest BCUT2D eigenvalue weighted by molar-refractivity contribution is 7.47. The summed E-state index contributed by atoms with van der Waals surface area (Å²) in [7, 11) is 1.51. The number of aliphatic hydroxyl groups excluding tert-OH is 1. The summed E-state index contributed by atoms with van der Waals surface area (Å²) < 4.78 is 23.5. The number of hydrogen-bond acceptors (Lipinski definition) is 5. The van der Waals surface area contributed by atoms with Crippen LogP contribution in [0.2, 0.25) is 0 Å². The van der Waals surface area contributed by atoms with E-state index in [-0.39, 0.29) is 19.1 Å². The Balaban J connectivity index is 4.44. The van der Waals surface area contributed by atoms with Gasteiger partial charge >= 0.3 is 7.82 Å². The Hall–Kier alpha value is -2.84. The Morgan fingerprint density at radius 1 is 0.574 bits per heavy atom. The zero-order chi connectivity index (χ0) is 45.0. The minimum Gasteiger partial charge on any atom is -0.387 e. The van der Waals surface area contributed by atoms with Crippen molar-refractivity contribution in [3.63, 3.8) is 0 Å². The second-order valence-corrected chi connectivity index (χ2v) is 18.2. The lowest BCUT2D eigenvalue weighted by Gasteiger charge is -2.25. The zero-order valence-electron chi connectivity index (χ0n) is 39.4. The number of quaternary nitrogens is 1. The molecule has 0 bridgehead atoms. The Morgan fingerprint density at radius 3 is 1.51 bits per heavy atom. The predicted molar refractivity (Wildman–Crippen MR) is 262 cm³/mol. The van der Waals surface area contributed by atoms with Gasteiger partial charge in [-0.25, -0.2) is 4.57 Å². The smallest absolute Gasteiger partial charge is 0.387 e. The number of carbonyl (C=O) groups excluding carboxylic acids is 1. The number of nitrogens with zero attached hydrogens (tertiary/aromatic N) is 1. The highest BCUT2D eigenvalue weighted by Crippen LogP contribution is 2.43. The third-order valence-corrected chi connectivity index (χ3v) is 10.7. The second kappa shape index (κ2) is 42.5. The van der Waals surface area contributed by atoms with Gasteiger partial charge in [0.05, 0.1) is 39.9 Å². The summed E-state index contributed by atoms with van der Waals surface area (Å²) in [6, 6.07) is -0.885. The molecule has 1 amide bonds. The third kappa shape index (κ3) is 45.0. The van der Waals surface area contributed by atoms with Crippen LogP contribution in [0.15, 0.2) is 109 Å². The van der Waals surface area contributed by atoms with Crippen molar-refractivity contribution in [1.82, 2.24) is 5.32 Å². The lowest BCUT2D eigenvalue weighted by molar-refractivity contribution is -0.870. The maximum absolute atomic E-state index is 12.9. The Bertz CT molecular complexity index is 1350. The van der Waals surface area contributed by atoms with Crippen molar-refractivity contribution >= 4 is 13.7 Å². The van der Waals surface area contributed by atoms with E-state index in [0.717, 1.165) is 109 Å². The topological polar surface area (TPSA) is 105 Å². The normalized spacial score (nSPS) is 15.2. The van der Waals surface area contributed by atoms with Crippen molar-refractivity contribution in [2.45, 2.75) is 174 Å². The maximum Gasteiger partial charge on any atom is 0.472 e. The summed E-state index contributed by atoms with van der Waals surface area (Å²) >= 11 is 0. The first-order valence-corrected chi connectivity index (χ1v) is 25.3. The van der Waals surface area contributed by atoms with Crippen LogP contribution >= 0.6 is 7.82 Å². The molecule has 61 heavy (non-hydrogen) atoms. The number of unbranched alkanes of at least 4 members (excludes halogenated alkanes) is 12. The number of hydrogen-bond donors (Lipinski definition) is 3. The standard InChI is InChI=1S/C52H89N2O6P/c1-6-8-10-12-14-16-18-20-22-23-24-25-26-27-28-29-30-31-32-34-36-38-40-42-44-46-52(56)53-50(49-60-61(57,58)59-48-47-54(3,4)5)51(55)45-43-41-39-37-35-33-21-19-17-15-13-11-9-7-2/h8,10,14,16-17,19-20,22,24-25,27-28,30-31,35,37,43,45,50-51,55H,6-7,9,11-13,15,18,21,23,26,29,32-34,36,38-42,44,46-49H2,1-5H3,(H-,53,56,57,58)/p+1/b10-8-,16-14-,19-17+,22-20-,25-24-,28-27-,31-30-,37-35+,45-43+. The molecule has 0 aromatic carbocycles. The van der Waals surface area contributed by atoms with Crippen LogP contribution in [0.5, 0.6) is 0 Å². The highest BCUT2D eigenvalue weighted by atomic mass is 31.2.